The van der Waals surface area contributed by atoms with Crippen LogP contribution >= 0.6 is 11.3 Å². The van der Waals surface area contributed by atoms with Gasteiger partial charge < -0.3 is 0 Å². The Balaban J connectivity index is 0.889. The summed E-state index contributed by atoms with van der Waals surface area (Å²) in [5.74, 6) is 0. The second kappa shape index (κ2) is 11.0. The standard InChI is InChI=1S/C48H30S/c1-30(32-15-23-36(24-16-32)38-26-27-44-40-8-3-2-7-39(40)43-11-6-10-42(38)48(43)44)31-13-17-33(18-14-31)34-19-21-35(22-20-34)37-25-28-47-45(29-37)41-9-4-5-12-46(41)49-47/h2-29H,1H2. The highest BCUT2D eigenvalue weighted by atomic mass is 32.1. The molecule has 0 N–H and O–H groups in total. The van der Waals surface area contributed by atoms with E-state index in [1.54, 1.807) is 0 Å². The minimum Gasteiger partial charge on any atom is -0.135 e. The van der Waals surface area contributed by atoms with Crippen LogP contribution in [0, 0.1) is 0 Å². The smallest absolute Gasteiger partial charge is 0.0355 e. The van der Waals surface area contributed by atoms with E-state index in [0.717, 1.165) is 16.7 Å². The summed E-state index contributed by atoms with van der Waals surface area (Å²) in [4.78, 5) is 0. The average Bonchev–Trinajstić information content (AvgIpc) is 3.71. The van der Waals surface area contributed by atoms with Crippen LogP contribution in [0.3, 0.4) is 0 Å². The van der Waals surface area contributed by atoms with Gasteiger partial charge in [-0.25, -0.2) is 0 Å². The first-order valence-electron chi connectivity index (χ1n) is 16.8. The van der Waals surface area contributed by atoms with Crippen LogP contribution in [0.4, 0.5) is 0 Å². The summed E-state index contributed by atoms with van der Waals surface area (Å²) < 4.78 is 2.68. The number of thiophene rings is 1. The van der Waals surface area contributed by atoms with Crippen LogP contribution < -0.4 is 0 Å². The summed E-state index contributed by atoms with van der Waals surface area (Å²) in [7, 11) is 0. The highest BCUT2D eigenvalue weighted by Crippen LogP contribution is 2.49. The van der Waals surface area contributed by atoms with E-state index in [0.29, 0.717) is 0 Å². The SMILES string of the molecule is C=C(c1ccc(-c2ccc(-c3ccc4sc5ccccc5c4c3)cc2)cc1)c1ccc(-c2ccc3c4c(cccc24)-c2ccccc2-3)cc1. The number of hydrogen-bond donors (Lipinski definition) is 0. The van der Waals surface area contributed by atoms with E-state index in [1.165, 1.54) is 86.6 Å². The van der Waals surface area contributed by atoms with Crippen molar-refractivity contribution in [2.75, 3.05) is 0 Å². The Bertz CT molecular complexity index is 2710. The van der Waals surface area contributed by atoms with Crippen molar-refractivity contribution in [2.24, 2.45) is 0 Å². The van der Waals surface area contributed by atoms with E-state index in [9.17, 15) is 0 Å². The van der Waals surface area contributed by atoms with Crippen LogP contribution in [-0.2, 0) is 0 Å². The lowest BCUT2D eigenvalue weighted by Gasteiger charge is -2.12. The van der Waals surface area contributed by atoms with E-state index in [4.69, 9.17) is 0 Å². The molecule has 0 fully saturated rings. The van der Waals surface area contributed by atoms with E-state index >= 15 is 0 Å². The van der Waals surface area contributed by atoms with Gasteiger partial charge in [0.05, 0.1) is 0 Å². The highest BCUT2D eigenvalue weighted by Gasteiger charge is 2.22. The van der Waals surface area contributed by atoms with Gasteiger partial charge in [0.25, 0.3) is 0 Å². The fourth-order valence-corrected chi connectivity index (χ4v) is 8.79. The van der Waals surface area contributed by atoms with Gasteiger partial charge in [0, 0.05) is 20.2 Å². The van der Waals surface area contributed by atoms with Gasteiger partial charge in [-0.3, -0.25) is 0 Å². The number of benzene rings is 8. The molecule has 0 spiro atoms. The number of rotatable bonds is 5. The molecule has 0 bridgehead atoms. The van der Waals surface area contributed by atoms with E-state index in [2.05, 4.69) is 176 Å². The Morgan fingerprint density at radius 3 is 1.55 bits per heavy atom. The van der Waals surface area contributed by atoms with Gasteiger partial charge in [-0.05, 0) is 101 Å². The summed E-state index contributed by atoms with van der Waals surface area (Å²) in [6.45, 7) is 4.49. The molecule has 1 aliphatic carbocycles. The lowest BCUT2D eigenvalue weighted by molar-refractivity contribution is 1.54. The molecule has 0 atom stereocenters. The topological polar surface area (TPSA) is 0 Å². The zero-order chi connectivity index (χ0) is 32.5. The molecular formula is C48H30S. The summed E-state index contributed by atoms with van der Waals surface area (Å²) >= 11 is 1.86. The maximum Gasteiger partial charge on any atom is 0.0355 e. The molecule has 0 nitrogen and oxygen atoms in total. The molecule has 228 valence electrons. The van der Waals surface area contributed by atoms with Crippen LogP contribution in [0.15, 0.2) is 176 Å². The minimum atomic E-state index is 1.03. The van der Waals surface area contributed by atoms with E-state index in [1.807, 2.05) is 11.3 Å². The molecule has 49 heavy (non-hydrogen) atoms. The van der Waals surface area contributed by atoms with Crippen molar-refractivity contribution in [3.63, 3.8) is 0 Å². The lowest BCUT2D eigenvalue weighted by atomic mass is 9.92. The molecular weight excluding hydrogens is 609 g/mol. The molecule has 1 heterocycles. The zero-order valence-electron chi connectivity index (χ0n) is 26.8. The van der Waals surface area contributed by atoms with Crippen LogP contribution in [0.25, 0.3) is 92.2 Å². The maximum absolute atomic E-state index is 4.49. The summed E-state index contributed by atoms with van der Waals surface area (Å²) in [6.07, 6.45) is 0. The number of fused-ring (bicyclic) bond motifs is 6. The van der Waals surface area contributed by atoms with Gasteiger partial charge in [0.1, 0.15) is 0 Å². The molecule has 0 unspecified atom stereocenters. The molecule has 0 radical (unpaired) electrons. The molecule has 0 saturated heterocycles. The van der Waals surface area contributed by atoms with Crippen molar-refractivity contribution in [2.45, 2.75) is 0 Å². The first-order valence-corrected chi connectivity index (χ1v) is 17.6. The predicted molar refractivity (Wildman–Crippen MR) is 212 cm³/mol. The maximum atomic E-state index is 4.49. The second-order valence-corrected chi connectivity index (χ2v) is 14.0. The molecule has 9 aromatic rings. The van der Waals surface area contributed by atoms with Crippen molar-refractivity contribution in [1.29, 1.82) is 0 Å². The third-order valence-electron chi connectivity index (χ3n) is 10.3. The van der Waals surface area contributed by atoms with E-state index in [-0.39, 0.29) is 0 Å². The minimum absolute atomic E-state index is 1.03. The molecule has 8 aromatic carbocycles. The Hall–Kier alpha value is -6.02. The Morgan fingerprint density at radius 2 is 0.837 bits per heavy atom. The van der Waals surface area contributed by atoms with Crippen molar-refractivity contribution >= 4 is 47.9 Å². The van der Waals surface area contributed by atoms with Gasteiger partial charge in [0.2, 0.25) is 0 Å². The van der Waals surface area contributed by atoms with Gasteiger partial charge >= 0.3 is 0 Å². The largest absolute Gasteiger partial charge is 0.135 e. The van der Waals surface area contributed by atoms with Crippen LogP contribution in [0.2, 0.25) is 0 Å². The van der Waals surface area contributed by atoms with Crippen LogP contribution in [-0.4, -0.2) is 0 Å². The van der Waals surface area contributed by atoms with Crippen LogP contribution in [0.1, 0.15) is 11.1 Å². The zero-order valence-corrected chi connectivity index (χ0v) is 27.6. The molecule has 1 aliphatic rings. The third-order valence-corrected chi connectivity index (χ3v) is 11.4. The number of hydrogen-bond acceptors (Lipinski definition) is 1. The van der Waals surface area contributed by atoms with Crippen molar-refractivity contribution in [3.05, 3.63) is 188 Å². The fraction of sp³-hybridized carbons (Fsp3) is 0. The normalized spacial score (nSPS) is 11.8. The monoisotopic (exact) mass is 638 g/mol. The van der Waals surface area contributed by atoms with Crippen LogP contribution in [0.5, 0.6) is 0 Å². The van der Waals surface area contributed by atoms with E-state index < -0.39 is 0 Å². The highest BCUT2D eigenvalue weighted by molar-refractivity contribution is 7.25. The first kappa shape index (κ1) is 28.0. The molecule has 1 aromatic heterocycles. The van der Waals surface area contributed by atoms with Gasteiger partial charge in [-0.1, -0.05) is 158 Å². The summed E-state index contributed by atoms with van der Waals surface area (Å²) in [5, 5.41) is 5.33. The van der Waals surface area contributed by atoms with Gasteiger partial charge in [0.15, 0.2) is 0 Å². The Labute approximate surface area is 289 Å². The fourth-order valence-electron chi connectivity index (χ4n) is 7.70. The molecule has 0 amide bonds. The van der Waals surface area contributed by atoms with Gasteiger partial charge in [-0.15, -0.1) is 11.3 Å². The third kappa shape index (κ3) is 4.51. The molecule has 1 heteroatoms. The van der Waals surface area contributed by atoms with Crippen molar-refractivity contribution in [3.8, 4) is 55.6 Å². The quantitative estimate of drug-likeness (QED) is 0.176. The van der Waals surface area contributed by atoms with Crippen molar-refractivity contribution in [1.82, 2.24) is 0 Å². The Kier molecular flexibility index (Phi) is 6.31. The van der Waals surface area contributed by atoms with Crippen molar-refractivity contribution < 1.29 is 0 Å². The molecule has 0 saturated carbocycles. The Morgan fingerprint density at radius 1 is 0.347 bits per heavy atom. The average molecular weight is 639 g/mol. The first-order chi connectivity index (χ1) is 24.2. The molecule has 0 aliphatic heterocycles. The second-order valence-electron chi connectivity index (χ2n) is 13.0. The summed E-state index contributed by atoms with van der Waals surface area (Å²) in [6, 6.07) is 62.1. The van der Waals surface area contributed by atoms with Gasteiger partial charge in [-0.2, -0.15) is 0 Å². The summed E-state index contributed by atoms with van der Waals surface area (Å²) in [5.41, 5.74) is 16.0. The lowest BCUT2D eigenvalue weighted by Crippen LogP contribution is -1.88. The predicted octanol–water partition coefficient (Wildman–Crippen LogP) is 13.9. The molecule has 10 rings (SSSR count).